The monoisotopic (exact) mass is 299 g/mol. The summed E-state index contributed by atoms with van der Waals surface area (Å²) < 4.78 is 14.1. The Morgan fingerprint density at radius 3 is 2.94 bits per heavy atom. The quantitative estimate of drug-likeness (QED) is 0.884. The summed E-state index contributed by atoms with van der Waals surface area (Å²) in [5.74, 6) is -0.160. The zero-order chi connectivity index (χ0) is 12.3. The van der Waals surface area contributed by atoms with Crippen molar-refractivity contribution in [2.24, 2.45) is 0 Å². The first kappa shape index (κ1) is 13.0. The van der Waals surface area contributed by atoms with Crippen LogP contribution in [-0.4, -0.2) is 12.1 Å². The average molecular weight is 300 g/mol. The Bertz CT molecular complexity index is 386. The van der Waals surface area contributed by atoms with E-state index < -0.39 is 0 Å². The molecule has 0 radical (unpaired) electrons. The van der Waals surface area contributed by atoms with E-state index in [9.17, 15) is 4.39 Å². The first-order chi connectivity index (χ1) is 8.17. The summed E-state index contributed by atoms with van der Waals surface area (Å²) in [6.07, 6.45) is 5.67. The minimum atomic E-state index is -0.160. The molecule has 0 bridgehead atoms. The van der Waals surface area contributed by atoms with E-state index in [2.05, 4.69) is 28.2 Å². The van der Waals surface area contributed by atoms with Gasteiger partial charge in [0.1, 0.15) is 5.82 Å². The van der Waals surface area contributed by atoms with E-state index in [1.807, 2.05) is 6.07 Å². The molecule has 1 fully saturated rings. The van der Waals surface area contributed by atoms with Crippen LogP contribution in [0.4, 0.5) is 4.39 Å². The minimum absolute atomic E-state index is 0.160. The van der Waals surface area contributed by atoms with Gasteiger partial charge >= 0.3 is 0 Å². The van der Waals surface area contributed by atoms with Crippen molar-refractivity contribution in [3.05, 3.63) is 34.1 Å². The van der Waals surface area contributed by atoms with Crippen molar-refractivity contribution >= 4 is 15.9 Å². The molecule has 1 N–H and O–H groups in total. The maximum Gasteiger partial charge on any atom is 0.137 e. The third kappa shape index (κ3) is 2.89. The fourth-order valence-corrected chi connectivity index (χ4v) is 3.25. The second-order valence-corrected chi connectivity index (χ2v) is 5.74. The van der Waals surface area contributed by atoms with Gasteiger partial charge in [-0.15, -0.1) is 0 Å². The highest BCUT2D eigenvalue weighted by Crippen LogP contribution is 2.32. The lowest BCUT2D eigenvalue weighted by Gasteiger charge is -2.30. The van der Waals surface area contributed by atoms with Crippen molar-refractivity contribution in [2.75, 3.05) is 6.54 Å². The Kier molecular flexibility index (Phi) is 4.21. The van der Waals surface area contributed by atoms with Gasteiger partial charge in [-0.3, -0.25) is 0 Å². The molecular weight excluding hydrogens is 281 g/mol. The van der Waals surface area contributed by atoms with E-state index in [1.54, 1.807) is 6.07 Å². The van der Waals surface area contributed by atoms with Gasteiger partial charge in [-0.2, -0.15) is 0 Å². The summed E-state index contributed by atoms with van der Waals surface area (Å²) in [6, 6.07) is 5.32. The summed E-state index contributed by atoms with van der Waals surface area (Å²) in [7, 11) is 0. The third-order valence-corrected chi connectivity index (χ3v) is 4.51. The summed E-state index contributed by atoms with van der Waals surface area (Å²) in [6.45, 7) is 3.30. The van der Waals surface area contributed by atoms with Gasteiger partial charge in [-0.1, -0.05) is 25.5 Å². The summed E-state index contributed by atoms with van der Waals surface area (Å²) in [5.41, 5.74) is 1.26. The fourth-order valence-electron chi connectivity index (χ4n) is 2.85. The smallest absolute Gasteiger partial charge is 0.137 e. The zero-order valence-electron chi connectivity index (χ0n) is 10.2. The van der Waals surface area contributed by atoms with Crippen molar-refractivity contribution in [2.45, 2.75) is 44.6 Å². The van der Waals surface area contributed by atoms with Gasteiger partial charge < -0.3 is 5.32 Å². The first-order valence-electron chi connectivity index (χ1n) is 6.35. The van der Waals surface area contributed by atoms with Crippen LogP contribution in [0.2, 0.25) is 0 Å². The van der Waals surface area contributed by atoms with Crippen LogP contribution in [0, 0.1) is 5.82 Å². The maximum absolute atomic E-state index is 13.5. The highest BCUT2D eigenvalue weighted by Gasteiger charge is 2.33. The predicted molar refractivity (Wildman–Crippen MR) is 72.7 cm³/mol. The molecule has 3 heteroatoms. The summed E-state index contributed by atoms with van der Waals surface area (Å²) in [5, 5.41) is 3.62. The lowest BCUT2D eigenvalue weighted by atomic mass is 9.85. The van der Waals surface area contributed by atoms with Crippen molar-refractivity contribution in [3.63, 3.8) is 0 Å². The van der Waals surface area contributed by atoms with Crippen LogP contribution >= 0.6 is 15.9 Å². The lowest BCUT2D eigenvalue weighted by molar-refractivity contribution is 0.341. The highest BCUT2D eigenvalue weighted by atomic mass is 79.9. The molecule has 0 saturated carbocycles. The third-order valence-electron chi connectivity index (χ3n) is 3.62. The number of nitrogens with one attached hydrogen (secondary N) is 1. The van der Waals surface area contributed by atoms with E-state index >= 15 is 0 Å². The second kappa shape index (κ2) is 5.49. The Hall–Kier alpha value is -0.410. The fraction of sp³-hybridized carbons (Fsp3) is 0.571. The van der Waals surface area contributed by atoms with Gasteiger partial charge in [0.15, 0.2) is 0 Å². The molecule has 0 aromatic heterocycles. The molecule has 1 heterocycles. The van der Waals surface area contributed by atoms with Crippen LogP contribution in [0.25, 0.3) is 0 Å². The van der Waals surface area contributed by atoms with Crippen LogP contribution in [0.15, 0.2) is 22.7 Å². The molecule has 0 spiro atoms. The van der Waals surface area contributed by atoms with Gasteiger partial charge in [0, 0.05) is 5.54 Å². The maximum atomic E-state index is 13.5. The molecule has 1 nitrogen and oxygen atoms in total. The number of rotatable bonds is 4. The first-order valence-corrected chi connectivity index (χ1v) is 7.14. The Morgan fingerprint density at radius 1 is 1.47 bits per heavy atom. The summed E-state index contributed by atoms with van der Waals surface area (Å²) in [4.78, 5) is 0. The number of hydrogen-bond acceptors (Lipinski definition) is 1. The molecule has 1 unspecified atom stereocenters. The van der Waals surface area contributed by atoms with Crippen LogP contribution in [0.3, 0.4) is 0 Å². The van der Waals surface area contributed by atoms with Crippen LogP contribution in [-0.2, 0) is 6.42 Å². The molecule has 17 heavy (non-hydrogen) atoms. The van der Waals surface area contributed by atoms with Crippen molar-refractivity contribution in [1.29, 1.82) is 0 Å². The van der Waals surface area contributed by atoms with Crippen molar-refractivity contribution in [3.8, 4) is 0 Å². The number of halogens is 2. The molecule has 94 valence electrons. The van der Waals surface area contributed by atoms with Gasteiger partial charge in [0.25, 0.3) is 0 Å². The molecule has 1 atom stereocenters. The number of benzene rings is 1. The Balaban J connectivity index is 2.20. The van der Waals surface area contributed by atoms with E-state index in [1.165, 1.54) is 25.3 Å². The largest absolute Gasteiger partial charge is 0.311 e. The minimum Gasteiger partial charge on any atom is -0.311 e. The molecule has 1 aliphatic rings. The van der Waals surface area contributed by atoms with Gasteiger partial charge in [0.2, 0.25) is 0 Å². The van der Waals surface area contributed by atoms with Crippen molar-refractivity contribution < 1.29 is 4.39 Å². The molecule has 1 aromatic rings. The predicted octanol–water partition coefficient (Wildman–Crippen LogP) is 4.05. The Morgan fingerprint density at radius 2 is 2.29 bits per heavy atom. The average Bonchev–Trinajstić information content (AvgIpc) is 2.74. The van der Waals surface area contributed by atoms with Crippen LogP contribution < -0.4 is 5.32 Å². The van der Waals surface area contributed by atoms with E-state index in [-0.39, 0.29) is 11.4 Å². The molecule has 0 aliphatic carbocycles. The summed E-state index contributed by atoms with van der Waals surface area (Å²) >= 11 is 3.36. The zero-order valence-corrected chi connectivity index (χ0v) is 11.8. The SMILES string of the molecule is CCCC1(Cc2cccc(F)c2Br)CCCN1. The highest BCUT2D eigenvalue weighted by molar-refractivity contribution is 9.10. The van der Waals surface area contributed by atoms with Crippen LogP contribution in [0.1, 0.15) is 38.2 Å². The Labute approximate surface area is 111 Å². The van der Waals surface area contributed by atoms with Crippen molar-refractivity contribution in [1.82, 2.24) is 5.32 Å². The molecule has 1 saturated heterocycles. The van der Waals surface area contributed by atoms with Gasteiger partial charge in [0.05, 0.1) is 4.47 Å². The number of hydrogen-bond donors (Lipinski definition) is 1. The van der Waals surface area contributed by atoms with E-state index in [4.69, 9.17) is 0 Å². The molecule has 2 rings (SSSR count). The topological polar surface area (TPSA) is 12.0 Å². The van der Waals surface area contributed by atoms with Crippen LogP contribution in [0.5, 0.6) is 0 Å². The molecule has 0 amide bonds. The van der Waals surface area contributed by atoms with Gasteiger partial charge in [-0.05, 0) is 59.8 Å². The standard InChI is InChI=1S/C14H19BrFN/c1-2-7-14(8-4-9-17-14)10-11-5-3-6-12(16)13(11)15/h3,5-6,17H,2,4,7-10H2,1H3. The second-order valence-electron chi connectivity index (χ2n) is 4.95. The molecule has 1 aromatic carbocycles. The van der Waals surface area contributed by atoms with E-state index in [0.29, 0.717) is 4.47 Å². The van der Waals surface area contributed by atoms with E-state index in [0.717, 1.165) is 24.9 Å². The molecular formula is C14H19BrFN. The normalized spacial score (nSPS) is 24.2. The molecule has 1 aliphatic heterocycles. The van der Waals surface area contributed by atoms with Gasteiger partial charge in [-0.25, -0.2) is 4.39 Å². The lowest BCUT2D eigenvalue weighted by Crippen LogP contribution is -2.41.